The number of sulfonamides is 1. The van der Waals surface area contributed by atoms with E-state index in [2.05, 4.69) is 16.0 Å². The third-order valence-corrected chi connectivity index (χ3v) is 8.36. The molecule has 2 atom stereocenters. The molecule has 0 spiro atoms. The van der Waals surface area contributed by atoms with E-state index in [9.17, 15) is 34.4 Å². The maximum absolute atomic E-state index is 14.0. The van der Waals surface area contributed by atoms with Gasteiger partial charge in [-0.05, 0) is 58.7 Å². The summed E-state index contributed by atoms with van der Waals surface area (Å²) >= 11 is 0. The van der Waals surface area contributed by atoms with E-state index in [0.29, 0.717) is 17.7 Å². The minimum Gasteiger partial charge on any atom is -0.303 e. The molecule has 0 saturated carbocycles. The number of nitrogens with zero attached hydrogens (tertiary/aromatic N) is 1. The van der Waals surface area contributed by atoms with Gasteiger partial charge in [-0.25, -0.2) is 34.4 Å². The molecule has 6 nitrogen and oxygen atoms in total. The summed E-state index contributed by atoms with van der Waals surface area (Å²) in [5.74, 6) is -1.93. The number of nitrogens with one attached hydrogen (secondary N) is 1. The van der Waals surface area contributed by atoms with Crippen molar-refractivity contribution in [2.75, 3.05) is 25.6 Å². The molecular weight excluding hydrogens is 676 g/mol. The first-order chi connectivity index (χ1) is 22.1. The van der Waals surface area contributed by atoms with Crippen LogP contribution in [0, 0.1) is 23.3 Å². The van der Waals surface area contributed by atoms with E-state index in [-0.39, 0.29) is 24.0 Å². The van der Waals surface area contributed by atoms with E-state index in [1.165, 1.54) is 16.4 Å². The molecule has 0 bridgehead atoms. The number of halogens is 5. The normalized spacial score (nSPS) is 17.9. The molecule has 2 heterocycles. The largest absolute Gasteiger partial charge is 0.303 e. The quantitative estimate of drug-likeness (QED) is 0.175. The summed E-state index contributed by atoms with van der Waals surface area (Å²) in [4.78, 5) is 0. The second-order valence-corrected chi connectivity index (χ2v) is 15.7. The average molecular weight is 707 g/mol. The third-order valence-electron chi connectivity index (χ3n) is 7.15. The number of benzene rings is 4. The Balaban J connectivity index is 0.000000189. The van der Waals surface area contributed by atoms with Gasteiger partial charge in [0.2, 0.25) is 19.1 Å². The second kappa shape index (κ2) is 15.4. The summed E-state index contributed by atoms with van der Waals surface area (Å²) in [5, 5.41) is 3.29. The molecule has 0 radical (unpaired) electrons. The molecule has 2 aliphatic rings. The molecule has 2 unspecified atom stereocenters. The van der Waals surface area contributed by atoms with Gasteiger partial charge in [-0.3, -0.25) is 0 Å². The summed E-state index contributed by atoms with van der Waals surface area (Å²) in [5.41, 5.74) is 3.59. The summed E-state index contributed by atoms with van der Waals surface area (Å²) in [6.45, 7) is 0.554. The average Bonchev–Trinajstić information content (AvgIpc) is 3.69. The Labute approximate surface area is 276 Å². The lowest BCUT2D eigenvalue weighted by atomic mass is 10.0. The topological polar surface area (TPSA) is 83.5 Å². The Morgan fingerprint density at radius 1 is 0.681 bits per heavy atom. The van der Waals surface area contributed by atoms with Crippen molar-refractivity contribution in [1.29, 1.82) is 0 Å². The summed E-state index contributed by atoms with van der Waals surface area (Å²) in [7, 11) is -2.19. The van der Waals surface area contributed by atoms with E-state index in [0.717, 1.165) is 53.5 Å². The van der Waals surface area contributed by atoms with Crippen molar-refractivity contribution in [2.24, 2.45) is 0 Å². The summed E-state index contributed by atoms with van der Waals surface area (Å²) in [6.07, 6.45) is 5.66. The molecule has 4 aromatic carbocycles. The number of rotatable bonds is 5. The molecule has 13 heteroatoms. The van der Waals surface area contributed by atoms with Crippen molar-refractivity contribution < 1.29 is 34.4 Å². The molecule has 47 heavy (non-hydrogen) atoms. The third kappa shape index (κ3) is 10.3. The Kier molecular flexibility index (Phi) is 11.8. The molecule has 248 valence electrons. The maximum Gasteiger partial charge on any atom is 0.229 e. The first kappa shape index (κ1) is 36.0. The lowest BCUT2D eigenvalue weighted by Gasteiger charge is -2.22. The molecular formula is C34H31ClF4N2O4S2. The van der Waals surface area contributed by atoms with Gasteiger partial charge >= 0.3 is 0 Å². The Hall–Kier alpha value is -3.81. The van der Waals surface area contributed by atoms with Crippen LogP contribution in [0.15, 0.2) is 109 Å². The summed E-state index contributed by atoms with van der Waals surface area (Å²) < 4.78 is 98.6. The van der Waals surface area contributed by atoms with Gasteiger partial charge in [-0.2, -0.15) is 4.31 Å². The minimum atomic E-state index is -3.50. The van der Waals surface area contributed by atoms with Gasteiger partial charge in [-0.1, -0.05) is 72.8 Å². The van der Waals surface area contributed by atoms with Gasteiger partial charge in [-0.15, -0.1) is 0 Å². The zero-order valence-electron chi connectivity index (χ0n) is 25.2. The lowest BCUT2D eigenvalue weighted by Crippen LogP contribution is -2.30. The van der Waals surface area contributed by atoms with Crippen LogP contribution in [-0.4, -0.2) is 46.7 Å². The van der Waals surface area contributed by atoms with Crippen molar-refractivity contribution in [1.82, 2.24) is 9.62 Å². The Morgan fingerprint density at radius 3 is 1.64 bits per heavy atom. The van der Waals surface area contributed by atoms with Gasteiger partial charge in [0.25, 0.3) is 0 Å². The smallest absolute Gasteiger partial charge is 0.229 e. The van der Waals surface area contributed by atoms with Gasteiger partial charge in [0.1, 0.15) is 23.3 Å². The van der Waals surface area contributed by atoms with Crippen LogP contribution in [0.3, 0.4) is 0 Å². The van der Waals surface area contributed by atoms with Crippen molar-refractivity contribution in [3.63, 3.8) is 0 Å². The highest BCUT2D eigenvalue weighted by Gasteiger charge is 2.34. The Morgan fingerprint density at radius 2 is 1.15 bits per heavy atom. The molecule has 1 N–H and O–H groups in total. The van der Waals surface area contributed by atoms with Crippen LogP contribution in [0.1, 0.15) is 34.3 Å². The minimum absolute atomic E-state index is 0.0127. The van der Waals surface area contributed by atoms with Crippen LogP contribution in [0.4, 0.5) is 17.6 Å². The predicted molar refractivity (Wildman–Crippen MR) is 177 cm³/mol. The van der Waals surface area contributed by atoms with E-state index in [4.69, 9.17) is 0 Å². The zero-order valence-corrected chi connectivity index (χ0v) is 27.6. The van der Waals surface area contributed by atoms with E-state index in [1.807, 2.05) is 66.7 Å². The van der Waals surface area contributed by atoms with Gasteiger partial charge in [0, 0.05) is 34.9 Å². The monoisotopic (exact) mass is 706 g/mol. The summed E-state index contributed by atoms with van der Waals surface area (Å²) in [6, 6.07) is 25.2. The second-order valence-electron chi connectivity index (χ2n) is 10.7. The fourth-order valence-corrected chi connectivity index (χ4v) is 6.06. The number of hydrogen-bond acceptors (Lipinski definition) is 5. The van der Waals surface area contributed by atoms with Crippen molar-refractivity contribution >= 4 is 40.9 Å². The SMILES string of the molecule is CS(=O)(=O)Cl.CS(=O)(=O)N1CC(c2cc(F)ccc2F)=CC1c1ccccc1.Fc1ccc(F)c(C2=CC(c3ccccc3)NC2)c1. The van der Waals surface area contributed by atoms with Crippen LogP contribution in [0.5, 0.6) is 0 Å². The molecule has 0 saturated heterocycles. The van der Waals surface area contributed by atoms with Crippen LogP contribution >= 0.6 is 10.7 Å². The molecule has 2 aliphatic heterocycles. The fraction of sp³-hybridized carbons (Fsp3) is 0.176. The standard InChI is InChI=1S/C17H15F2NO2S.C16H13F2N.CH3ClO2S/c1-23(21,22)20-11-13(15-10-14(18)7-8-16(15)19)9-17(20)12-5-3-2-4-6-12;17-13-6-7-15(18)14(9-13)12-8-16(19-10-12)11-4-2-1-3-5-11;1-5(2,3)4/h2-10,17H,11H2,1H3;1-9,16,19H,10H2;1H3. The van der Waals surface area contributed by atoms with Crippen LogP contribution < -0.4 is 5.32 Å². The zero-order chi connectivity index (χ0) is 34.4. The van der Waals surface area contributed by atoms with Gasteiger partial charge < -0.3 is 5.32 Å². The molecule has 0 amide bonds. The molecule has 0 aromatic heterocycles. The highest BCUT2D eigenvalue weighted by atomic mass is 35.7. The molecule has 4 aromatic rings. The van der Waals surface area contributed by atoms with Gasteiger partial charge in [0.05, 0.1) is 24.6 Å². The van der Waals surface area contributed by atoms with Gasteiger partial charge in [0.15, 0.2) is 0 Å². The molecule has 0 aliphatic carbocycles. The molecule has 6 rings (SSSR count). The van der Waals surface area contributed by atoms with E-state index < -0.39 is 42.6 Å². The number of hydrogen-bond donors (Lipinski definition) is 1. The van der Waals surface area contributed by atoms with E-state index in [1.54, 1.807) is 6.08 Å². The van der Waals surface area contributed by atoms with Crippen molar-refractivity contribution in [2.45, 2.75) is 12.1 Å². The Bertz CT molecular complexity index is 1990. The van der Waals surface area contributed by atoms with E-state index >= 15 is 0 Å². The van der Waals surface area contributed by atoms with Crippen LogP contribution in [0.2, 0.25) is 0 Å². The first-order valence-electron chi connectivity index (χ1n) is 14.1. The van der Waals surface area contributed by atoms with Crippen molar-refractivity contribution in [3.05, 3.63) is 155 Å². The van der Waals surface area contributed by atoms with Crippen LogP contribution in [-0.2, 0) is 19.1 Å². The first-order valence-corrected chi connectivity index (χ1v) is 18.7. The highest BCUT2D eigenvalue weighted by Crippen LogP contribution is 2.37. The highest BCUT2D eigenvalue weighted by molar-refractivity contribution is 8.13. The maximum atomic E-state index is 14.0. The predicted octanol–water partition coefficient (Wildman–Crippen LogP) is 7.24. The van der Waals surface area contributed by atoms with Crippen LogP contribution in [0.25, 0.3) is 11.1 Å². The fourth-order valence-electron chi connectivity index (χ4n) is 5.09. The molecule has 0 fully saturated rings. The lowest BCUT2D eigenvalue weighted by molar-refractivity contribution is 0.424. The van der Waals surface area contributed by atoms with Crippen molar-refractivity contribution in [3.8, 4) is 0 Å².